The molecule has 1 spiro atoms. The van der Waals surface area contributed by atoms with Crippen molar-refractivity contribution >= 4 is 18.0 Å². The quantitative estimate of drug-likeness (QED) is 0.358. The van der Waals surface area contributed by atoms with Crippen LogP contribution in [0.15, 0.2) is 5.10 Å². The van der Waals surface area contributed by atoms with E-state index in [9.17, 15) is 0 Å². The van der Waals surface area contributed by atoms with Gasteiger partial charge in [-0.2, -0.15) is 16.9 Å². The third-order valence-electron chi connectivity index (χ3n) is 2.21. The first-order valence-corrected chi connectivity index (χ1v) is 5.12. The van der Waals surface area contributed by atoms with E-state index >= 15 is 0 Å². The highest BCUT2D eigenvalue weighted by Crippen LogP contribution is 2.39. The zero-order valence-electron chi connectivity index (χ0n) is 6.73. The van der Waals surface area contributed by atoms with E-state index in [2.05, 4.69) is 5.10 Å². The molecule has 0 aromatic carbocycles. The summed E-state index contributed by atoms with van der Waals surface area (Å²) in [5.41, 5.74) is 0. The Morgan fingerprint density at radius 2 is 2.25 bits per heavy atom. The summed E-state index contributed by atoms with van der Waals surface area (Å²) >= 11 is 1.82. The molecule has 1 unspecified atom stereocenters. The van der Waals surface area contributed by atoms with Crippen molar-refractivity contribution in [1.29, 1.82) is 0 Å². The second kappa shape index (κ2) is 3.24. The molecule has 0 amide bonds. The van der Waals surface area contributed by atoms with E-state index in [1.807, 2.05) is 11.8 Å². The third-order valence-corrected chi connectivity index (χ3v) is 3.41. The van der Waals surface area contributed by atoms with Gasteiger partial charge in [-0.3, -0.25) is 0 Å². The van der Waals surface area contributed by atoms with Crippen LogP contribution in [0, 0.1) is 5.92 Å². The molecular formula is C7H12N2O2S. The van der Waals surface area contributed by atoms with Crippen LogP contribution in [0.25, 0.3) is 0 Å². The van der Waals surface area contributed by atoms with Gasteiger partial charge in [-0.05, 0) is 0 Å². The lowest BCUT2D eigenvalue weighted by molar-refractivity contribution is -0.149. The highest BCUT2D eigenvalue weighted by molar-refractivity contribution is 7.99. The molecular weight excluding hydrogens is 176 g/mol. The monoisotopic (exact) mass is 188 g/mol. The summed E-state index contributed by atoms with van der Waals surface area (Å²) in [6, 6.07) is 0. The highest BCUT2D eigenvalue weighted by Gasteiger charge is 2.47. The number of rotatable bonds is 1. The third kappa shape index (κ3) is 1.22. The van der Waals surface area contributed by atoms with Gasteiger partial charge >= 0.3 is 0 Å². The van der Waals surface area contributed by atoms with E-state index < -0.39 is 5.79 Å². The summed E-state index contributed by atoms with van der Waals surface area (Å²) in [5.74, 6) is 6.80. The maximum Gasteiger partial charge on any atom is 0.186 e. The first-order chi connectivity index (χ1) is 5.87. The molecule has 5 heteroatoms. The van der Waals surface area contributed by atoms with Gasteiger partial charge in [-0.25, -0.2) is 0 Å². The van der Waals surface area contributed by atoms with Crippen molar-refractivity contribution in [2.75, 3.05) is 24.7 Å². The van der Waals surface area contributed by atoms with Crippen molar-refractivity contribution in [3.05, 3.63) is 0 Å². The maximum atomic E-state index is 5.58. The van der Waals surface area contributed by atoms with Crippen LogP contribution in [0.4, 0.5) is 0 Å². The van der Waals surface area contributed by atoms with Gasteiger partial charge in [0.1, 0.15) is 0 Å². The highest BCUT2D eigenvalue weighted by atomic mass is 32.2. The number of hydrogen-bond acceptors (Lipinski definition) is 5. The molecule has 2 aliphatic rings. The lowest BCUT2D eigenvalue weighted by atomic mass is 10.0. The molecule has 2 heterocycles. The summed E-state index contributed by atoms with van der Waals surface area (Å²) in [4.78, 5) is 0. The summed E-state index contributed by atoms with van der Waals surface area (Å²) < 4.78 is 11.2. The molecule has 12 heavy (non-hydrogen) atoms. The SMILES string of the molecule is N/N=C/C1CSCC12OCCO2. The summed E-state index contributed by atoms with van der Waals surface area (Å²) in [5, 5.41) is 3.54. The number of nitrogens with zero attached hydrogens (tertiary/aromatic N) is 1. The molecule has 0 aromatic heterocycles. The zero-order chi connectivity index (χ0) is 8.44. The smallest absolute Gasteiger partial charge is 0.186 e. The van der Waals surface area contributed by atoms with Gasteiger partial charge in [0.05, 0.1) is 19.1 Å². The number of hydrazone groups is 1. The van der Waals surface area contributed by atoms with Gasteiger partial charge in [-0.1, -0.05) is 0 Å². The van der Waals surface area contributed by atoms with Gasteiger partial charge in [0.15, 0.2) is 5.79 Å². The number of ether oxygens (including phenoxy) is 2. The number of nitrogens with two attached hydrogens (primary N) is 1. The normalized spacial score (nSPS) is 33.8. The van der Waals surface area contributed by atoms with Crippen molar-refractivity contribution in [2.24, 2.45) is 16.9 Å². The minimum absolute atomic E-state index is 0.218. The first-order valence-electron chi connectivity index (χ1n) is 3.96. The standard InChI is InChI=1S/C7H12N2O2S/c8-9-3-6-4-12-5-7(6)10-1-2-11-7/h3,6H,1-2,4-5,8H2/b9-3+. The Balaban J connectivity index is 2.11. The fourth-order valence-corrected chi connectivity index (χ4v) is 2.97. The van der Waals surface area contributed by atoms with Crippen LogP contribution in [0.5, 0.6) is 0 Å². The summed E-state index contributed by atoms with van der Waals surface area (Å²) in [7, 11) is 0. The van der Waals surface area contributed by atoms with Crippen molar-refractivity contribution < 1.29 is 9.47 Å². The molecule has 4 nitrogen and oxygen atoms in total. The molecule has 2 saturated heterocycles. The van der Waals surface area contributed by atoms with Gasteiger partial charge in [0, 0.05) is 17.7 Å². The summed E-state index contributed by atoms with van der Waals surface area (Å²) in [6.45, 7) is 1.38. The van der Waals surface area contributed by atoms with Crippen LogP contribution in [0.1, 0.15) is 0 Å². The Bertz CT molecular complexity index is 186. The fourth-order valence-electron chi connectivity index (χ4n) is 1.59. The van der Waals surface area contributed by atoms with Crippen molar-refractivity contribution in [1.82, 2.24) is 0 Å². The molecule has 0 saturated carbocycles. The number of thioether (sulfide) groups is 1. The largest absolute Gasteiger partial charge is 0.346 e. The Kier molecular flexibility index (Phi) is 2.25. The molecule has 2 aliphatic heterocycles. The predicted octanol–water partition coefficient (Wildman–Crippen LogP) is 0.0370. The Hall–Kier alpha value is -0.260. The van der Waals surface area contributed by atoms with Crippen LogP contribution in [-0.4, -0.2) is 36.7 Å². The lowest BCUT2D eigenvalue weighted by Gasteiger charge is -2.25. The molecule has 0 aromatic rings. The minimum atomic E-state index is -0.409. The summed E-state index contributed by atoms with van der Waals surface area (Å²) in [6.07, 6.45) is 1.73. The average molecular weight is 188 g/mol. The van der Waals surface area contributed by atoms with Crippen molar-refractivity contribution in [3.63, 3.8) is 0 Å². The number of hydrogen-bond donors (Lipinski definition) is 1. The van der Waals surface area contributed by atoms with E-state index in [1.165, 1.54) is 0 Å². The van der Waals surface area contributed by atoms with E-state index in [0.717, 1.165) is 11.5 Å². The van der Waals surface area contributed by atoms with Crippen molar-refractivity contribution in [3.8, 4) is 0 Å². The molecule has 0 bridgehead atoms. The average Bonchev–Trinajstić information content (AvgIpc) is 2.66. The van der Waals surface area contributed by atoms with E-state index in [4.69, 9.17) is 15.3 Å². The van der Waals surface area contributed by atoms with Gasteiger partial charge in [0.2, 0.25) is 0 Å². The molecule has 0 aliphatic carbocycles. The second-order valence-electron chi connectivity index (χ2n) is 2.93. The molecule has 2 N–H and O–H groups in total. The molecule has 68 valence electrons. The van der Waals surface area contributed by atoms with E-state index in [1.54, 1.807) is 6.21 Å². The van der Waals surface area contributed by atoms with Crippen LogP contribution in [0.3, 0.4) is 0 Å². The minimum Gasteiger partial charge on any atom is -0.346 e. The lowest BCUT2D eigenvalue weighted by Crippen LogP contribution is -2.39. The fraction of sp³-hybridized carbons (Fsp3) is 0.857. The van der Waals surface area contributed by atoms with Crippen LogP contribution in [-0.2, 0) is 9.47 Å². The predicted molar refractivity (Wildman–Crippen MR) is 48.1 cm³/mol. The Morgan fingerprint density at radius 1 is 1.50 bits per heavy atom. The maximum absolute atomic E-state index is 5.58. The molecule has 2 fully saturated rings. The van der Waals surface area contributed by atoms with E-state index in [-0.39, 0.29) is 5.92 Å². The van der Waals surface area contributed by atoms with Gasteiger partial charge in [0.25, 0.3) is 0 Å². The van der Waals surface area contributed by atoms with E-state index in [0.29, 0.717) is 13.2 Å². The second-order valence-corrected chi connectivity index (χ2v) is 3.96. The van der Waals surface area contributed by atoms with Crippen LogP contribution in [0.2, 0.25) is 0 Å². The van der Waals surface area contributed by atoms with Gasteiger partial charge < -0.3 is 15.3 Å². The Labute approximate surface area is 75.5 Å². The molecule has 2 rings (SSSR count). The van der Waals surface area contributed by atoms with Crippen LogP contribution >= 0.6 is 11.8 Å². The molecule has 1 atom stereocenters. The Morgan fingerprint density at radius 3 is 2.92 bits per heavy atom. The topological polar surface area (TPSA) is 56.8 Å². The zero-order valence-corrected chi connectivity index (χ0v) is 7.55. The van der Waals surface area contributed by atoms with Crippen molar-refractivity contribution in [2.45, 2.75) is 5.79 Å². The first kappa shape index (κ1) is 8.34. The molecule has 0 radical (unpaired) electrons. The van der Waals surface area contributed by atoms with Gasteiger partial charge in [-0.15, -0.1) is 0 Å². The van der Waals surface area contributed by atoms with Crippen LogP contribution < -0.4 is 5.84 Å².